The van der Waals surface area contributed by atoms with Crippen molar-refractivity contribution in [2.24, 2.45) is 0 Å². The Morgan fingerprint density at radius 2 is 1.59 bits per heavy atom. The lowest BCUT2D eigenvalue weighted by Gasteiger charge is -2.43. The molecule has 3 unspecified atom stereocenters. The van der Waals surface area contributed by atoms with Gasteiger partial charge >= 0.3 is 12.1 Å². The Balaban J connectivity index is 1.24. The molecule has 1 aliphatic heterocycles. The standard InChI is InChI=1S/C33H37F5O5S/c1-31(24-9-11-25(39)12-10-24)22-43-30-21-26(40)13-16-28(30)29(31)6-3-2-5-23-7-14-27(15-8-23)42-18-20-44(41)19-4-17-32(34,35)33(36,37)38/h7-16,21,29,39-40H,2-6,17-20,22H2,1H3. The Kier molecular flexibility index (Phi) is 10.9. The lowest BCUT2D eigenvalue weighted by molar-refractivity contribution is -0.284. The van der Waals surface area contributed by atoms with Crippen molar-refractivity contribution < 1.29 is 46.2 Å². The molecule has 240 valence electrons. The first-order valence-electron chi connectivity index (χ1n) is 14.5. The van der Waals surface area contributed by atoms with Crippen LogP contribution in [0.25, 0.3) is 0 Å². The Morgan fingerprint density at radius 1 is 0.909 bits per heavy atom. The molecule has 2 N–H and O–H groups in total. The molecule has 4 rings (SSSR count). The predicted molar refractivity (Wildman–Crippen MR) is 159 cm³/mol. The fourth-order valence-corrected chi connectivity index (χ4v) is 6.53. The van der Waals surface area contributed by atoms with E-state index in [-0.39, 0.29) is 40.9 Å². The summed E-state index contributed by atoms with van der Waals surface area (Å²) in [6, 6.07) is 20.0. The van der Waals surface area contributed by atoms with E-state index in [4.69, 9.17) is 9.47 Å². The van der Waals surface area contributed by atoms with Gasteiger partial charge in [-0.25, -0.2) is 0 Å². The van der Waals surface area contributed by atoms with E-state index in [1.165, 1.54) is 0 Å². The van der Waals surface area contributed by atoms with E-state index in [1.807, 2.05) is 30.3 Å². The summed E-state index contributed by atoms with van der Waals surface area (Å²) in [4.78, 5) is 0. The summed E-state index contributed by atoms with van der Waals surface area (Å²) in [5.41, 5.74) is 2.91. The van der Waals surface area contributed by atoms with Gasteiger partial charge in [-0.1, -0.05) is 54.9 Å². The number of hydrogen-bond acceptors (Lipinski definition) is 5. The Hall–Kier alpha value is -3.18. The fourth-order valence-electron chi connectivity index (χ4n) is 5.59. The SMILES string of the molecule is CC1(c2ccc(O)cc2)COc2cc(O)ccc2C1CCCCc1ccc(OCC[S+]([O-])CCCC(F)(F)C(F)(F)F)cc1. The van der Waals surface area contributed by atoms with Gasteiger partial charge in [0.05, 0.1) is 6.61 Å². The van der Waals surface area contributed by atoms with Crippen LogP contribution in [0.5, 0.6) is 23.0 Å². The van der Waals surface area contributed by atoms with E-state index in [0.717, 1.165) is 42.4 Å². The molecule has 44 heavy (non-hydrogen) atoms. The maximum atomic E-state index is 13.0. The molecule has 1 heterocycles. The van der Waals surface area contributed by atoms with E-state index < -0.39 is 36.1 Å². The number of aromatic hydroxyl groups is 2. The second kappa shape index (κ2) is 14.3. The van der Waals surface area contributed by atoms with Gasteiger partial charge in [-0.2, -0.15) is 22.0 Å². The minimum atomic E-state index is -5.59. The van der Waals surface area contributed by atoms with Crippen molar-refractivity contribution in [3.8, 4) is 23.0 Å². The van der Waals surface area contributed by atoms with Gasteiger partial charge in [0.1, 0.15) is 41.1 Å². The minimum Gasteiger partial charge on any atom is -0.616 e. The third kappa shape index (κ3) is 8.50. The zero-order chi connectivity index (χ0) is 32.0. The van der Waals surface area contributed by atoms with Crippen LogP contribution in [-0.2, 0) is 23.0 Å². The predicted octanol–water partition coefficient (Wildman–Crippen LogP) is 8.05. The molecule has 1 aliphatic rings. The average molecular weight is 641 g/mol. The van der Waals surface area contributed by atoms with E-state index in [0.29, 0.717) is 18.1 Å². The third-order valence-electron chi connectivity index (χ3n) is 8.18. The number of alkyl halides is 5. The molecule has 0 spiro atoms. The van der Waals surface area contributed by atoms with Crippen LogP contribution in [0.15, 0.2) is 66.7 Å². The zero-order valence-electron chi connectivity index (χ0n) is 24.4. The molecule has 0 bridgehead atoms. The lowest BCUT2D eigenvalue weighted by Crippen LogP contribution is -2.40. The van der Waals surface area contributed by atoms with Gasteiger partial charge in [0, 0.05) is 23.8 Å². The second-order valence-electron chi connectivity index (χ2n) is 11.4. The van der Waals surface area contributed by atoms with Crippen molar-refractivity contribution in [1.29, 1.82) is 0 Å². The van der Waals surface area contributed by atoms with E-state index in [9.17, 15) is 36.7 Å². The zero-order valence-corrected chi connectivity index (χ0v) is 25.2. The normalized spacial score (nSPS) is 19.2. The number of unbranched alkanes of at least 4 members (excludes halogenated alkanes) is 1. The summed E-state index contributed by atoms with van der Waals surface area (Å²) >= 11 is -1.56. The number of benzene rings is 3. The van der Waals surface area contributed by atoms with Crippen molar-refractivity contribution in [3.05, 3.63) is 83.4 Å². The van der Waals surface area contributed by atoms with Crippen molar-refractivity contribution in [3.63, 3.8) is 0 Å². The molecule has 0 radical (unpaired) electrons. The molecule has 0 amide bonds. The van der Waals surface area contributed by atoms with E-state index in [1.54, 1.807) is 36.4 Å². The summed E-state index contributed by atoms with van der Waals surface area (Å²) in [5.74, 6) is -3.24. The quantitative estimate of drug-likeness (QED) is 0.106. The van der Waals surface area contributed by atoms with Crippen molar-refractivity contribution in [2.45, 2.75) is 68.9 Å². The highest BCUT2D eigenvalue weighted by molar-refractivity contribution is 7.91. The molecular formula is C33H37F5O5S. The number of ether oxygens (including phenoxy) is 2. The smallest absolute Gasteiger partial charge is 0.453 e. The number of fused-ring (bicyclic) bond motifs is 1. The maximum absolute atomic E-state index is 13.0. The third-order valence-corrected chi connectivity index (χ3v) is 9.55. The van der Waals surface area contributed by atoms with E-state index in [2.05, 4.69) is 6.92 Å². The van der Waals surface area contributed by atoms with Crippen LogP contribution in [0.1, 0.15) is 61.6 Å². The molecule has 0 aliphatic carbocycles. The summed E-state index contributed by atoms with van der Waals surface area (Å²) in [6.07, 6.45) is -3.86. The van der Waals surface area contributed by atoms with E-state index >= 15 is 0 Å². The average Bonchev–Trinajstić information content (AvgIpc) is 2.96. The minimum absolute atomic E-state index is 0.0390. The second-order valence-corrected chi connectivity index (χ2v) is 13.1. The van der Waals surface area contributed by atoms with Gasteiger partial charge in [0.15, 0.2) is 0 Å². The molecule has 3 aromatic rings. The van der Waals surface area contributed by atoms with Crippen molar-refractivity contribution in [1.82, 2.24) is 0 Å². The molecular weight excluding hydrogens is 603 g/mol. The molecule has 0 aromatic heterocycles. The van der Waals surface area contributed by atoms with Crippen molar-refractivity contribution in [2.75, 3.05) is 24.7 Å². The molecule has 11 heteroatoms. The topological polar surface area (TPSA) is 82.0 Å². The van der Waals surface area contributed by atoms with Crippen LogP contribution in [-0.4, -0.2) is 51.6 Å². The Labute approximate surface area is 257 Å². The molecule has 0 saturated carbocycles. The first kappa shape index (κ1) is 33.7. The summed E-state index contributed by atoms with van der Waals surface area (Å²) in [5, 5.41) is 19.8. The van der Waals surface area contributed by atoms with Gasteiger partial charge in [0.2, 0.25) is 0 Å². The van der Waals surface area contributed by atoms with Crippen LogP contribution < -0.4 is 9.47 Å². The van der Waals surface area contributed by atoms with Crippen LogP contribution in [0.3, 0.4) is 0 Å². The molecule has 0 saturated heterocycles. The molecule has 3 atom stereocenters. The molecule has 3 aromatic carbocycles. The molecule has 0 fully saturated rings. The molecule has 5 nitrogen and oxygen atoms in total. The number of aryl methyl sites for hydroxylation is 1. The van der Waals surface area contributed by atoms with Crippen LogP contribution in [0.2, 0.25) is 0 Å². The fraction of sp³-hybridized carbons (Fsp3) is 0.455. The van der Waals surface area contributed by atoms with Gasteiger partial charge in [-0.15, -0.1) is 0 Å². The van der Waals surface area contributed by atoms with Crippen LogP contribution in [0.4, 0.5) is 22.0 Å². The van der Waals surface area contributed by atoms with Crippen LogP contribution >= 0.6 is 0 Å². The van der Waals surface area contributed by atoms with Gasteiger partial charge < -0.3 is 24.2 Å². The monoisotopic (exact) mass is 640 g/mol. The maximum Gasteiger partial charge on any atom is 0.453 e. The van der Waals surface area contributed by atoms with Gasteiger partial charge in [-0.05, 0) is 72.7 Å². The number of hydrogen-bond donors (Lipinski definition) is 2. The summed E-state index contributed by atoms with van der Waals surface area (Å²) in [6.45, 7) is 2.67. The highest BCUT2D eigenvalue weighted by Gasteiger charge is 2.56. The number of phenols is 2. The number of halogens is 5. The number of phenolic OH excluding ortho intramolecular Hbond substituents is 2. The van der Waals surface area contributed by atoms with Gasteiger partial charge in [-0.3, -0.25) is 0 Å². The summed E-state index contributed by atoms with van der Waals surface area (Å²) < 4.78 is 86.3. The van der Waals surface area contributed by atoms with Gasteiger partial charge in [0.25, 0.3) is 0 Å². The highest BCUT2D eigenvalue weighted by atomic mass is 32.2. The van der Waals surface area contributed by atoms with Crippen molar-refractivity contribution >= 4 is 11.2 Å². The Bertz CT molecular complexity index is 1350. The summed E-state index contributed by atoms with van der Waals surface area (Å²) in [7, 11) is 0. The first-order chi connectivity index (χ1) is 20.8. The van der Waals surface area contributed by atoms with Crippen LogP contribution in [0, 0.1) is 0 Å². The first-order valence-corrected chi connectivity index (χ1v) is 16.0. The lowest BCUT2D eigenvalue weighted by atomic mass is 9.66. The Morgan fingerprint density at radius 3 is 2.27 bits per heavy atom. The highest BCUT2D eigenvalue weighted by Crippen LogP contribution is 2.49. The number of rotatable bonds is 14. The largest absolute Gasteiger partial charge is 0.616 e.